The second-order valence-corrected chi connectivity index (χ2v) is 11.4. The molecular weight excluding hydrogens is 432 g/mol. The summed E-state index contributed by atoms with van der Waals surface area (Å²) < 4.78 is 23.5. The van der Waals surface area contributed by atoms with Gasteiger partial charge in [-0.05, 0) is 30.3 Å². The number of sulfone groups is 1. The average Bonchev–Trinajstić information content (AvgIpc) is 3.26. The van der Waals surface area contributed by atoms with Crippen LogP contribution in [0.1, 0.15) is 10.4 Å². The van der Waals surface area contributed by atoms with Gasteiger partial charge < -0.3 is 15.1 Å². The van der Waals surface area contributed by atoms with E-state index in [2.05, 4.69) is 27.3 Å². The number of nitrogens with one attached hydrogen (secondary N) is 1. The normalized spacial score (nSPS) is 24.6. The van der Waals surface area contributed by atoms with Crippen LogP contribution in [0.4, 0.5) is 11.4 Å². The summed E-state index contributed by atoms with van der Waals surface area (Å²) in [6, 6.07) is 17.5. The molecule has 3 aliphatic heterocycles. The summed E-state index contributed by atoms with van der Waals surface area (Å²) in [4.78, 5) is 21.8. The Balaban J connectivity index is 1.21. The van der Waals surface area contributed by atoms with E-state index in [1.165, 1.54) is 17.4 Å². The SMILES string of the molecule is O=C(c1cccc(NC2=N[C@H]3CS(=O)(=O)C[C@H]3S2)c1)N1CCN(c2ccccc2)CC1. The van der Waals surface area contributed by atoms with E-state index < -0.39 is 9.84 Å². The van der Waals surface area contributed by atoms with Gasteiger partial charge in [0.25, 0.3) is 5.91 Å². The molecule has 0 spiro atoms. The average molecular weight is 457 g/mol. The standard InChI is InChI=1S/C22H24N4O3S2/c27-21(26-11-9-25(10-12-26)18-7-2-1-3-8-18)16-5-4-6-17(13-16)23-22-24-19-14-31(28,29)15-20(19)30-22/h1-8,13,19-20H,9-12,14-15H2,(H,23,24)/t19-,20+/m0/s1. The molecule has 0 unspecified atom stereocenters. The van der Waals surface area contributed by atoms with Crippen LogP contribution < -0.4 is 10.2 Å². The Morgan fingerprint density at radius 2 is 1.77 bits per heavy atom. The highest BCUT2D eigenvalue weighted by Gasteiger charge is 2.42. The van der Waals surface area contributed by atoms with Crippen LogP contribution in [0, 0.1) is 0 Å². The molecule has 9 heteroatoms. The van der Waals surface area contributed by atoms with Crippen molar-refractivity contribution in [2.24, 2.45) is 4.99 Å². The van der Waals surface area contributed by atoms with Crippen molar-refractivity contribution < 1.29 is 13.2 Å². The number of carbonyl (C=O) groups is 1. The number of hydrogen-bond donors (Lipinski definition) is 1. The lowest BCUT2D eigenvalue weighted by molar-refractivity contribution is 0.0747. The highest BCUT2D eigenvalue weighted by atomic mass is 32.2. The maximum Gasteiger partial charge on any atom is 0.254 e. The second-order valence-electron chi connectivity index (χ2n) is 8.06. The smallest absolute Gasteiger partial charge is 0.254 e. The lowest BCUT2D eigenvalue weighted by Crippen LogP contribution is -2.48. The van der Waals surface area contributed by atoms with Gasteiger partial charge in [0.1, 0.15) is 0 Å². The Hall–Kier alpha value is -2.52. The molecule has 31 heavy (non-hydrogen) atoms. The Morgan fingerprint density at radius 3 is 2.52 bits per heavy atom. The van der Waals surface area contributed by atoms with Crippen LogP contribution in [0.2, 0.25) is 0 Å². The number of piperazine rings is 1. The van der Waals surface area contributed by atoms with E-state index in [9.17, 15) is 13.2 Å². The number of fused-ring (bicyclic) bond motifs is 1. The minimum Gasteiger partial charge on any atom is -0.368 e. The Kier molecular flexibility index (Phi) is 5.39. The van der Waals surface area contributed by atoms with Crippen LogP contribution in [-0.4, -0.2) is 73.4 Å². The number of amidine groups is 1. The van der Waals surface area contributed by atoms with Crippen molar-refractivity contribution in [3.8, 4) is 0 Å². The Morgan fingerprint density at radius 1 is 1.00 bits per heavy atom. The van der Waals surface area contributed by atoms with Gasteiger partial charge in [0, 0.05) is 48.4 Å². The lowest BCUT2D eigenvalue weighted by atomic mass is 10.1. The first-order chi connectivity index (χ1) is 15.0. The number of carbonyl (C=O) groups excluding carboxylic acids is 1. The van der Waals surface area contributed by atoms with Crippen LogP contribution >= 0.6 is 11.8 Å². The summed E-state index contributed by atoms with van der Waals surface area (Å²) in [7, 11) is -2.96. The number of amides is 1. The molecule has 2 fully saturated rings. The van der Waals surface area contributed by atoms with Gasteiger partial charge in [-0.2, -0.15) is 0 Å². The molecule has 3 heterocycles. The molecule has 7 nitrogen and oxygen atoms in total. The van der Waals surface area contributed by atoms with Crippen molar-refractivity contribution in [2.75, 3.05) is 47.9 Å². The fourth-order valence-corrected chi connectivity index (χ4v) is 7.93. The first-order valence-electron chi connectivity index (χ1n) is 10.4. The fourth-order valence-electron chi connectivity index (χ4n) is 4.26. The van der Waals surface area contributed by atoms with Gasteiger partial charge in [0.15, 0.2) is 15.0 Å². The molecule has 1 amide bonds. The number of rotatable bonds is 3. The number of anilines is 2. The van der Waals surface area contributed by atoms with Crippen molar-refractivity contribution in [1.29, 1.82) is 0 Å². The molecule has 162 valence electrons. The third kappa shape index (κ3) is 4.43. The van der Waals surface area contributed by atoms with E-state index in [0.717, 1.165) is 23.9 Å². The molecule has 0 bridgehead atoms. The largest absolute Gasteiger partial charge is 0.368 e. The lowest BCUT2D eigenvalue weighted by Gasteiger charge is -2.36. The van der Waals surface area contributed by atoms with Gasteiger partial charge in [0.2, 0.25) is 0 Å². The Bertz CT molecular complexity index is 1110. The number of nitrogens with zero attached hydrogens (tertiary/aromatic N) is 3. The molecule has 0 aliphatic carbocycles. The van der Waals surface area contributed by atoms with Crippen LogP contribution in [-0.2, 0) is 9.84 Å². The number of benzene rings is 2. The maximum atomic E-state index is 13.0. The minimum absolute atomic E-state index is 0.00164. The van der Waals surface area contributed by atoms with E-state index in [1.54, 1.807) is 0 Å². The first kappa shape index (κ1) is 20.4. The molecule has 2 atom stereocenters. The zero-order valence-corrected chi connectivity index (χ0v) is 18.6. The molecule has 3 aliphatic rings. The Labute approximate surface area is 186 Å². The number of thioether (sulfide) groups is 1. The molecule has 2 saturated heterocycles. The fraction of sp³-hybridized carbons (Fsp3) is 0.364. The van der Waals surface area contributed by atoms with Gasteiger partial charge in [-0.1, -0.05) is 36.0 Å². The molecule has 0 saturated carbocycles. The number of aliphatic imine (C=N–C) groups is 1. The highest BCUT2D eigenvalue weighted by molar-refractivity contribution is 8.15. The van der Waals surface area contributed by atoms with Gasteiger partial charge in [0.05, 0.1) is 17.5 Å². The van der Waals surface area contributed by atoms with Crippen molar-refractivity contribution >= 4 is 44.0 Å². The molecule has 0 radical (unpaired) electrons. The summed E-state index contributed by atoms with van der Waals surface area (Å²) in [5.74, 6) is 0.341. The quantitative estimate of drug-likeness (QED) is 0.764. The molecule has 0 aromatic heterocycles. The summed E-state index contributed by atoms with van der Waals surface area (Å²) in [6.07, 6.45) is 0. The van der Waals surface area contributed by atoms with E-state index in [1.807, 2.05) is 47.4 Å². The molecule has 5 rings (SSSR count). The molecule has 2 aromatic rings. The summed E-state index contributed by atoms with van der Waals surface area (Å²) in [6.45, 7) is 3.00. The minimum atomic E-state index is -2.96. The van der Waals surface area contributed by atoms with Crippen molar-refractivity contribution in [3.63, 3.8) is 0 Å². The summed E-state index contributed by atoms with van der Waals surface area (Å²) >= 11 is 1.48. The van der Waals surface area contributed by atoms with Crippen LogP contribution in [0.25, 0.3) is 0 Å². The van der Waals surface area contributed by atoms with Crippen molar-refractivity contribution in [1.82, 2.24) is 4.90 Å². The van der Waals surface area contributed by atoms with Crippen molar-refractivity contribution in [2.45, 2.75) is 11.3 Å². The molecular formula is C22H24N4O3S2. The number of hydrogen-bond acceptors (Lipinski definition) is 7. The van der Waals surface area contributed by atoms with Crippen LogP contribution in [0.5, 0.6) is 0 Å². The first-order valence-corrected chi connectivity index (χ1v) is 13.1. The summed E-state index contributed by atoms with van der Waals surface area (Å²) in [5.41, 5.74) is 2.63. The van der Waals surface area contributed by atoms with Gasteiger partial charge in [-0.25, -0.2) is 8.42 Å². The topological polar surface area (TPSA) is 82.1 Å². The van der Waals surface area contributed by atoms with E-state index in [0.29, 0.717) is 18.7 Å². The summed E-state index contributed by atoms with van der Waals surface area (Å²) in [5, 5.41) is 3.99. The van der Waals surface area contributed by atoms with Crippen LogP contribution in [0.15, 0.2) is 59.6 Å². The zero-order valence-electron chi connectivity index (χ0n) is 17.0. The van der Waals surface area contributed by atoms with Gasteiger partial charge >= 0.3 is 0 Å². The third-order valence-electron chi connectivity index (χ3n) is 5.87. The van der Waals surface area contributed by atoms with Gasteiger partial charge in [-0.15, -0.1) is 0 Å². The van der Waals surface area contributed by atoms with Crippen LogP contribution in [0.3, 0.4) is 0 Å². The predicted molar refractivity (Wildman–Crippen MR) is 126 cm³/mol. The second kappa shape index (κ2) is 8.20. The van der Waals surface area contributed by atoms with Crippen molar-refractivity contribution in [3.05, 3.63) is 60.2 Å². The molecule has 2 aromatic carbocycles. The van der Waals surface area contributed by atoms with E-state index in [4.69, 9.17) is 0 Å². The van der Waals surface area contributed by atoms with Gasteiger partial charge in [-0.3, -0.25) is 9.79 Å². The van der Waals surface area contributed by atoms with E-state index >= 15 is 0 Å². The predicted octanol–water partition coefficient (Wildman–Crippen LogP) is 2.33. The maximum absolute atomic E-state index is 13.0. The number of para-hydroxylation sites is 1. The highest BCUT2D eigenvalue weighted by Crippen LogP contribution is 2.34. The third-order valence-corrected chi connectivity index (χ3v) is 9.01. The molecule has 1 N–H and O–H groups in total. The zero-order chi connectivity index (χ0) is 21.4. The van der Waals surface area contributed by atoms with E-state index in [-0.39, 0.29) is 28.7 Å². The monoisotopic (exact) mass is 456 g/mol.